The van der Waals surface area contributed by atoms with Crippen LogP contribution in [-0.2, 0) is 4.79 Å². The number of carbonyl (C=O) groups is 2. The molecule has 0 aromatic heterocycles. The highest BCUT2D eigenvalue weighted by molar-refractivity contribution is 9.10. The summed E-state index contributed by atoms with van der Waals surface area (Å²) in [5, 5.41) is 11.6. The number of carboxylic acids is 1. The Kier molecular flexibility index (Phi) is 4.34. The standard InChI is InChI=1S/C12H15BrN2O3/c1-3-12(2,11(17)18)15-10(16)7-4-5-9(14)8(13)6-7/h4-6H,3,14H2,1-2H3,(H,15,16)(H,17,18). The number of benzene rings is 1. The summed E-state index contributed by atoms with van der Waals surface area (Å²) in [5.74, 6) is -1.50. The predicted molar refractivity (Wildman–Crippen MR) is 72.4 cm³/mol. The van der Waals surface area contributed by atoms with Crippen molar-refractivity contribution < 1.29 is 14.7 Å². The summed E-state index contributed by atoms with van der Waals surface area (Å²) in [6.07, 6.45) is 0.296. The maximum absolute atomic E-state index is 12.0. The summed E-state index contributed by atoms with van der Waals surface area (Å²) in [6, 6.07) is 4.69. The van der Waals surface area contributed by atoms with Crippen LogP contribution < -0.4 is 11.1 Å². The van der Waals surface area contributed by atoms with Gasteiger partial charge in [0.05, 0.1) is 0 Å². The molecule has 0 saturated heterocycles. The second-order valence-electron chi connectivity index (χ2n) is 4.18. The number of carboxylic acid groups (broad SMARTS) is 1. The number of hydrogen-bond acceptors (Lipinski definition) is 3. The van der Waals surface area contributed by atoms with Crippen molar-refractivity contribution in [3.05, 3.63) is 28.2 Å². The molecule has 0 radical (unpaired) electrons. The van der Waals surface area contributed by atoms with Gasteiger partial charge < -0.3 is 16.2 Å². The number of aliphatic carboxylic acids is 1. The third kappa shape index (κ3) is 3.01. The van der Waals surface area contributed by atoms with Crippen LogP contribution in [0.4, 0.5) is 5.69 Å². The smallest absolute Gasteiger partial charge is 0.329 e. The van der Waals surface area contributed by atoms with Crippen LogP contribution in [0.1, 0.15) is 30.6 Å². The number of nitrogens with two attached hydrogens (primary N) is 1. The molecule has 1 aromatic carbocycles. The molecule has 5 nitrogen and oxygen atoms in total. The highest BCUT2D eigenvalue weighted by atomic mass is 79.9. The van der Waals surface area contributed by atoms with Crippen LogP contribution in [0.25, 0.3) is 0 Å². The highest BCUT2D eigenvalue weighted by Crippen LogP contribution is 2.21. The quantitative estimate of drug-likeness (QED) is 0.741. The number of anilines is 1. The van der Waals surface area contributed by atoms with E-state index < -0.39 is 17.4 Å². The van der Waals surface area contributed by atoms with Crippen LogP contribution in [0.2, 0.25) is 0 Å². The molecule has 1 atom stereocenters. The molecule has 4 N–H and O–H groups in total. The number of nitrogens with one attached hydrogen (secondary N) is 1. The summed E-state index contributed by atoms with van der Waals surface area (Å²) < 4.78 is 0.601. The Hall–Kier alpha value is -1.56. The molecule has 6 heteroatoms. The van der Waals surface area contributed by atoms with E-state index >= 15 is 0 Å². The lowest BCUT2D eigenvalue weighted by Crippen LogP contribution is -2.51. The molecule has 0 heterocycles. The Balaban J connectivity index is 2.95. The Morgan fingerprint density at radius 3 is 2.56 bits per heavy atom. The van der Waals surface area contributed by atoms with E-state index in [1.54, 1.807) is 25.1 Å². The fourth-order valence-electron chi connectivity index (χ4n) is 1.28. The monoisotopic (exact) mass is 314 g/mol. The normalized spacial score (nSPS) is 13.7. The fourth-order valence-corrected chi connectivity index (χ4v) is 1.66. The fraction of sp³-hybridized carbons (Fsp3) is 0.333. The Morgan fingerprint density at radius 1 is 1.50 bits per heavy atom. The van der Waals surface area contributed by atoms with Crippen molar-refractivity contribution in [2.45, 2.75) is 25.8 Å². The van der Waals surface area contributed by atoms with Crippen molar-refractivity contribution in [1.29, 1.82) is 0 Å². The van der Waals surface area contributed by atoms with Crippen LogP contribution in [0, 0.1) is 0 Å². The molecule has 0 aliphatic carbocycles. The van der Waals surface area contributed by atoms with Gasteiger partial charge in [-0.1, -0.05) is 6.92 Å². The van der Waals surface area contributed by atoms with Crippen molar-refractivity contribution in [1.82, 2.24) is 5.32 Å². The molecular weight excluding hydrogens is 300 g/mol. The van der Waals surface area contributed by atoms with E-state index in [9.17, 15) is 9.59 Å². The summed E-state index contributed by atoms with van der Waals surface area (Å²) in [6.45, 7) is 3.17. The maximum atomic E-state index is 12.0. The van der Waals surface area contributed by atoms with Crippen molar-refractivity contribution >= 4 is 33.5 Å². The molecule has 1 unspecified atom stereocenters. The zero-order chi connectivity index (χ0) is 13.9. The van der Waals surface area contributed by atoms with Gasteiger partial charge in [-0.05, 0) is 47.5 Å². The molecule has 0 spiro atoms. The van der Waals surface area contributed by atoms with E-state index in [2.05, 4.69) is 21.2 Å². The van der Waals surface area contributed by atoms with Gasteiger partial charge in [-0.15, -0.1) is 0 Å². The van der Waals surface area contributed by atoms with Crippen molar-refractivity contribution in [2.24, 2.45) is 0 Å². The van der Waals surface area contributed by atoms with Crippen molar-refractivity contribution in [3.8, 4) is 0 Å². The highest BCUT2D eigenvalue weighted by Gasteiger charge is 2.33. The van der Waals surface area contributed by atoms with Gasteiger partial charge in [0, 0.05) is 15.7 Å². The van der Waals surface area contributed by atoms with Gasteiger partial charge in [-0.2, -0.15) is 0 Å². The number of amides is 1. The Morgan fingerprint density at radius 2 is 2.11 bits per heavy atom. The minimum Gasteiger partial charge on any atom is -0.480 e. The lowest BCUT2D eigenvalue weighted by Gasteiger charge is -2.24. The van der Waals surface area contributed by atoms with E-state index in [-0.39, 0.29) is 0 Å². The second-order valence-corrected chi connectivity index (χ2v) is 5.04. The van der Waals surface area contributed by atoms with E-state index in [0.29, 0.717) is 22.1 Å². The largest absolute Gasteiger partial charge is 0.480 e. The third-order valence-corrected chi connectivity index (χ3v) is 3.52. The minimum absolute atomic E-state index is 0.296. The van der Waals surface area contributed by atoms with Gasteiger partial charge in [-0.25, -0.2) is 4.79 Å². The summed E-state index contributed by atoms with van der Waals surface area (Å²) >= 11 is 3.22. The van der Waals surface area contributed by atoms with E-state index in [1.165, 1.54) is 6.92 Å². The second kappa shape index (κ2) is 5.39. The molecule has 0 saturated carbocycles. The summed E-state index contributed by atoms with van der Waals surface area (Å²) in [5.41, 5.74) is 5.22. The van der Waals surface area contributed by atoms with Gasteiger partial charge in [0.1, 0.15) is 5.54 Å². The lowest BCUT2D eigenvalue weighted by atomic mass is 9.98. The van der Waals surface area contributed by atoms with Crippen LogP contribution in [0.15, 0.2) is 22.7 Å². The van der Waals surface area contributed by atoms with Gasteiger partial charge in [0.25, 0.3) is 5.91 Å². The van der Waals surface area contributed by atoms with Gasteiger partial charge in [0.15, 0.2) is 0 Å². The van der Waals surface area contributed by atoms with E-state index in [1.807, 2.05) is 0 Å². The molecule has 1 aromatic rings. The van der Waals surface area contributed by atoms with Crippen molar-refractivity contribution in [2.75, 3.05) is 5.73 Å². The molecule has 1 rings (SSSR count). The molecule has 18 heavy (non-hydrogen) atoms. The Bertz CT molecular complexity index is 490. The first kappa shape index (κ1) is 14.5. The zero-order valence-corrected chi connectivity index (χ0v) is 11.7. The first-order valence-corrected chi connectivity index (χ1v) is 6.20. The molecule has 0 aliphatic rings. The van der Waals surface area contributed by atoms with E-state index in [0.717, 1.165) is 0 Å². The predicted octanol–water partition coefficient (Wildman–Crippen LogP) is 2.01. The lowest BCUT2D eigenvalue weighted by molar-refractivity contribution is -0.143. The first-order chi connectivity index (χ1) is 8.30. The number of rotatable bonds is 4. The van der Waals surface area contributed by atoms with Crippen LogP contribution in [-0.4, -0.2) is 22.5 Å². The van der Waals surface area contributed by atoms with Crippen LogP contribution in [0.5, 0.6) is 0 Å². The number of halogens is 1. The van der Waals surface area contributed by atoms with Gasteiger partial charge in [0.2, 0.25) is 0 Å². The van der Waals surface area contributed by atoms with E-state index in [4.69, 9.17) is 10.8 Å². The topological polar surface area (TPSA) is 92.4 Å². The molecular formula is C12H15BrN2O3. The molecule has 1 amide bonds. The summed E-state index contributed by atoms with van der Waals surface area (Å²) in [7, 11) is 0. The number of hydrogen-bond donors (Lipinski definition) is 3. The average Bonchev–Trinajstić information content (AvgIpc) is 2.32. The average molecular weight is 315 g/mol. The maximum Gasteiger partial charge on any atom is 0.329 e. The molecule has 0 fully saturated rings. The van der Waals surface area contributed by atoms with Crippen LogP contribution in [0.3, 0.4) is 0 Å². The minimum atomic E-state index is -1.27. The Labute approximate surface area is 113 Å². The first-order valence-electron chi connectivity index (χ1n) is 5.41. The summed E-state index contributed by atoms with van der Waals surface area (Å²) in [4.78, 5) is 23.0. The molecule has 0 bridgehead atoms. The van der Waals surface area contributed by atoms with Crippen molar-refractivity contribution in [3.63, 3.8) is 0 Å². The zero-order valence-electron chi connectivity index (χ0n) is 10.2. The number of nitrogen functional groups attached to an aromatic ring is 1. The van der Waals surface area contributed by atoms with Gasteiger partial charge >= 0.3 is 5.97 Å². The molecule has 0 aliphatic heterocycles. The molecule has 98 valence electrons. The van der Waals surface area contributed by atoms with Gasteiger partial charge in [-0.3, -0.25) is 4.79 Å². The SMILES string of the molecule is CCC(C)(NC(=O)c1ccc(N)c(Br)c1)C(=O)O. The third-order valence-electron chi connectivity index (χ3n) is 2.83. The van der Waals surface area contributed by atoms with Crippen LogP contribution >= 0.6 is 15.9 Å². The number of carbonyl (C=O) groups excluding carboxylic acids is 1.